The van der Waals surface area contributed by atoms with Gasteiger partial charge in [-0.2, -0.15) is 4.91 Å². The maximum Gasteiger partial charge on any atom is 0.123 e. The zero-order valence-corrected chi connectivity index (χ0v) is 16.0. The minimum Gasteiger partial charge on any atom is -0.378 e. The topological polar surface area (TPSA) is 67.2 Å². The number of nitrogens with zero attached hydrogens (tertiary/aromatic N) is 4. The van der Waals surface area contributed by atoms with Crippen molar-refractivity contribution in [3.05, 3.63) is 64.0 Å². The molecule has 1 aromatic heterocycles. The second kappa shape index (κ2) is 9.37. The van der Waals surface area contributed by atoms with E-state index in [1.807, 2.05) is 12.3 Å². The molecular weight excluding hydrogens is 340 g/mol. The monoisotopic (exact) mass is 366 g/mol. The molecular formula is C21H26N4O2. The van der Waals surface area contributed by atoms with Crippen LogP contribution in [0.15, 0.2) is 58.0 Å². The van der Waals surface area contributed by atoms with Crippen LogP contribution in [0.3, 0.4) is 0 Å². The Morgan fingerprint density at radius 2 is 2.04 bits per heavy atom. The largest absolute Gasteiger partial charge is 0.378 e. The zero-order valence-electron chi connectivity index (χ0n) is 16.0. The Balaban J connectivity index is 2.03. The SMILES string of the molecule is CCc1ccc(C2=CCN=C(CN=O)C=C(C)C(N3CCOCC3)=C2)cn1. The van der Waals surface area contributed by atoms with Gasteiger partial charge in [0.2, 0.25) is 0 Å². The molecule has 0 unspecified atom stereocenters. The lowest BCUT2D eigenvalue weighted by molar-refractivity contribution is 0.0548. The Morgan fingerprint density at radius 1 is 1.22 bits per heavy atom. The molecule has 6 nitrogen and oxygen atoms in total. The molecule has 27 heavy (non-hydrogen) atoms. The van der Waals surface area contributed by atoms with E-state index in [2.05, 4.69) is 58.2 Å². The Kier molecular flexibility index (Phi) is 6.65. The average Bonchev–Trinajstić information content (AvgIpc) is 2.78. The number of nitroso groups, excluding NO2 is 1. The van der Waals surface area contributed by atoms with Crippen molar-refractivity contribution in [1.29, 1.82) is 0 Å². The first-order valence-corrected chi connectivity index (χ1v) is 9.42. The van der Waals surface area contributed by atoms with Gasteiger partial charge < -0.3 is 9.64 Å². The fourth-order valence-corrected chi connectivity index (χ4v) is 3.26. The van der Waals surface area contributed by atoms with Crippen LogP contribution in [0, 0.1) is 4.91 Å². The van der Waals surface area contributed by atoms with Crippen molar-refractivity contribution in [2.75, 3.05) is 39.4 Å². The summed E-state index contributed by atoms with van der Waals surface area (Å²) in [5.74, 6) is 0. The summed E-state index contributed by atoms with van der Waals surface area (Å²) < 4.78 is 5.51. The fraction of sp³-hybridized carbons (Fsp3) is 0.429. The summed E-state index contributed by atoms with van der Waals surface area (Å²) in [5, 5.41) is 3.02. The third-order valence-corrected chi connectivity index (χ3v) is 4.78. The molecule has 0 saturated carbocycles. The highest BCUT2D eigenvalue weighted by Gasteiger charge is 2.17. The first kappa shape index (κ1) is 19.2. The second-order valence-corrected chi connectivity index (χ2v) is 6.63. The van der Waals surface area contributed by atoms with E-state index in [1.165, 1.54) is 0 Å². The number of rotatable bonds is 5. The lowest BCUT2D eigenvalue weighted by Gasteiger charge is -2.32. The summed E-state index contributed by atoms with van der Waals surface area (Å²) >= 11 is 0. The van der Waals surface area contributed by atoms with Gasteiger partial charge in [-0.3, -0.25) is 9.98 Å². The maximum atomic E-state index is 10.8. The molecule has 0 aliphatic carbocycles. The van der Waals surface area contributed by atoms with E-state index >= 15 is 0 Å². The molecule has 2 aliphatic heterocycles. The molecule has 0 bridgehead atoms. The lowest BCUT2D eigenvalue weighted by atomic mass is 10.0. The van der Waals surface area contributed by atoms with E-state index in [4.69, 9.17) is 4.74 Å². The summed E-state index contributed by atoms with van der Waals surface area (Å²) in [7, 11) is 0. The van der Waals surface area contributed by atoms with Crippen molar-refractivity contribution in [1.82, 2.24) is 9.88 Å². The molecule has 6 heteroatoms. The van der Waals surface area contributed by atoms with E-state index in [1.54, 1.807) is 0 Å². The molecule has 0 N–H and O–H groups in total. The van der Waals surface area contributed by atoms with Crippen LogP contribution in [-0.4, -0.2) is 55.0 Å². The molecule has 1 aromatic rings. The van der Waals surface area contributed by atoms with Gasteiger partial charge in [0, 0.05) is 30.7 Å². The van der Waals surface area contributed by atoms with Crippen LogP contribution in [-0.2, 0) is 11.2 Å². The zero-order chi connectivity index (χ0) is 19.1. The number of ether oxygens (including phenoxy) is 1. The second-order valence-electron chi connectivity index (χ2n) is 6.63. The van der Waals surface area contributed by atoms with Crippen LogP contribution in [0.1, 0.15) is 25.1 Å². The first-order chi connectivity index (χ1) is 13.2. The van der Waals surface area contributed by atoms with E-state index in [-0.39, 0.29) is 6.54 Å². The quantitative estimate of drug-likeness (QED) is 0.749. The van der Waals surface area contributed by atoms with Crippen LogP contribution >= 0.6 is 0 Å². The van der Waals surface area contributed by atoms with Crippen LogP contribution in [0.2, 0.25) is 0 Å². The van der Waals surface area contributed by atoms with Gasteiger partial charge in [-0.05, 0) is 48.3 Å². The van der Waals surface area contributed by atoms with Gasteiger partial charge in [-0.1, -0.05) is 24.2 Å². The number of aromatic nitrogens is 1. The highest BCUT2D eigenvalue weighted by molar-refractivity contribution is 5.98. The van der Waals surface area contributed by atoms with Gasteiger partial charge in [0.1, 0.15) is 6.54 Å². The number of hydrogen-bond donors (Lipinski definition) is 0. The van der Waals surface area contributed by atoms with Crippen molar-refractivity contribution in [3.8, 4) is 0 Å². The Hall–Kier alpha value is -2.60. The van der Waals surface area contributed by atoms with E-state index < -0.39 is 0 Å². The molecule has 3 heterocycles. The molecule has 0 amide bonds. The van der Waals surface area contributed by atoms with Gasteiger partial charge in [0.05, 0.1) is 25.5 Å². The minimum absolute atomic E-state index is 0.0870. The summed E-state index contributed by atoms with van der Waals surface area (Å²) in [4.78, 5) is 22.2. The highest BCUT2D eigenvalue weighted by Crippen LogP contribution is 2.25. The summed E-state index contributed by atoms with van der Waals surface area (Å²) in [6, 6.07) is 4.18. The summed E-state index contributed by atoms with van der Waals surface area (Å²) in [6.45, 7) is 7.87. The number of pyridine rings is 1. The Morgan fingerprint density at radius 3 is 2.70 bits per heavy atom. The molecule has 1 saturated heterocycles. The molecule has 0 aromatic carbocycles. The van der Waals surface area contributed by atoms with Crippen molar-refractivity contribution >= 4 is 11.3 Å². The van der Waals surface area contributed by atoms with Crippen molar-refractivity contribution in [3.63, 3.8) is 0 Å². The van der Waals surface area contributed by atoms with Crippen molar-refractivity contribution in [2.45, 2.75) is 20.3 Å². The Bertz CT molecular complexity index is 785. The molecule has 3 rings (SSSR count). The average molecular weight is 366 g/mol. The van der Waals surface area contributed by atoms with Gasteiger partial charge >= 0.3 is 0 Å². The third-order valence-electron chi connectivity index (χ3n) is 4.78. The molecule has 0 atom stereocenters. The lowest BCUT2D eigenvalue weighted by Crippen LogP contribution is -2.36. The van der Waals surface area contributed by atoms with Crippen molar-refractivity contribution in [2.24, 2.45) is 10.2 Å². The van der Waals surface area contributed by atoms with E-state index in [0.717, 1.165) is 47.6 Å². The molecule has 1 fully saturated rings. The molecule has 0 spiro atoms. The van der Waals surface area contributed by atoms with Crippen LogP contribution in [0.25, 0.3) is 5.57 Å². The van der Waals surface area contributed by atoms with Gasteiger partial charge in [-0.25, -0.2) is 0 Å². The number of morpholine rings is 1. The molecule has 0 radical (unpaired) electrons. The molecule has 142 valence electrons. The van der Waals surface area contributed by atoms with Gasteiger partial charge in [0.25, 0.3) is 0 Å². The fourth-order valence-electron chi connectivity index (χ4n) is 3.26. The third kappa shape index (κ3) is 4.98. The van der Waals surface area contributed by atoms with E-state index in [9.17, 15) is 4.91 Å². The van der Waals surface area contributed by atoms with Crippen molar-refractivity contribution < 1.29 is 4.74 Å². The number of allylic oxidation sites excluding steroid dienone is 3. The molecule has 2 aliphatic rings. The number of aliphatic imine (C=N–C) groups is 1. The smallest absolute Gasteiger partial charge is 0.123 e. The minimum atomic E-state index is 0.0870. The number of hydrogen-bond acceptors (Lipinski definition) is 6. The van der Waals surface area contributed by atoms with Gasteiger partial charge in [-0.15, -0.1) is 0 Å². The summed E-state index contributed by atoms with van der Waals surface area (Å²) in [5.41, 5.74) is 6.14. The summed E-state index contributed by atoms with van der Waals surface area (Å²) in [6.07, 6.45) is 9.10. The predicted molar refractivity (Wildman–Crippen MR) is 109 cm³/mol. The number of aryl methyl sites for hydroxylation is 1. The standard InChI is InChI=1S/C21H26N4O2/c1-3-19-5-4-18(14-23-19)17-6-7-22-20(15-24-26)12-16(2)21(13-17)25-8-10-27-11-9-25/h4-6,12-14H,3,7-11,15H2,1-2H3. The highest BCUT2D eigenvalue weighted by atomic mass is 16.5. The van der Waals surface area contributed by atoms with E-state index in [0.29, 0.717) is 25.5 Å². The Labute approximate surface area is 160 Å². The predicted octanol–water partition coefficient (Wildman–Crippen LogP) is 3.41. The normalized spacial score (nSPS) is 18.4. The van der Waals surface area contributed by atoms with Crippen LogP contribution in [0.5, 0.6) is 0 Å². The van der Waals surface area contributed by atoms with Crippen LogP contribution < -0.4 is 0 Å². The first-order valence-electron chi connectivity index (χ1n) is 9.42. The van der Waals surface area contributed by atoms with Crippen LogP contribution in [0.4, 0.5) is 0 Å². The maximum absolute atomic E-state index is 10.8. The van der Waals surface area contributed by atoms with Gasteiger partial charge in [0.15, 0.2) is 0 Å².